The lowest BCUT2D eigenvalue weighted by atomic mass is 9.85. The molecule has 0 radical (unpaired) electrons. The van der Waals surface area contributed by atoms with Gasteiger partial charge in [0.2, 0.25) is 0 Å². The molecule has 0 saturated carbocycles. The van der Waals surface area contributed by atoms with Gasteiger partial charge in [0.25, 0.3) is 0 Å². The summed E-state index contributed by atoms with van der Waals surface area (Å²) in [7, 11) is 0. The Morgan fingerprint density at radius 2 is 0.681 bits per heavy atom. The predicted molar refractivity (Wildman–Crippen MR) is 206 cm³/mol. The van der Waals surface area contributed by atoms with E-state index in [0.717, 1.165) is 0 Å². The van der Waals surface area contributed by atoms with Crippen molar-refractivity contribution in [3.8, 4) is 33.4 Å². The zero-order valence-corrected chi connectivity index (χ0v) is 26.4. The van der Waals surface area contributed by atoms with Crippen molar-refractivity contribution in [2.75, 3.05) is 0 Å². The Morgan fingerprint density at radius 3 is 1.28 bits per heavy atom. The summed E-state index contributed by atoms with van der Waals surface area (Å²) in [5, 5.41) is 13.0. The Morgan fingerprint density at radius 1 is 0.255 bits per heavy atom. The van der Waals surface area contributed by atoms with Crippen molar-refractivity contribution in [1.29, 1.82) is 0 Å². The van der Waals surface area contributed by atoms with E-state index in [0.29, 0.717) is 0 Å². The number of thiophene rings is 1. The fourth-order valence-electron chi connectivity index (χ4n) is 7.57. The maximum atomic E-state index is 2.38. The normalized spacial score (nSPS) is 11.8. The van der Waals surface area contributed by atoms with Crippen molar-refractivity contribution in [2.45, 2.75) is 0 Å². The van der Waals surface area contributed by atoms with Crippen LogP contribution in [0.4, 0.5) is 0 Å². The molecule has 0 spiro atoms. The SMILES string of the molecule is c1ccc(-c2c3ccccc3c(-c3ccc(-c4ccc5cc6c(cc5c4)sc4cc5ccccc5cc46)cc3)c3ccccc23)cc1. The van der Waals surface area contributed by atoms with Crippen LogP contribution in [0.15, 0.2) is 170 Å². The minimum Gasteiger partial charge on any atom is -0.135 e. The highest BCUT2D eigenvalue weighted by Crippen LogP contribution is 2.44. The van der Waals surface area contributed by atoms with Crippen molar-refractivity contribution in [1.82, 2.24) is 0 Å². The first kappa shape index (κ1) is 26.5. The highest BCUT2D eigenvalue weighted by molar-refractivity contribution is 7.26. The average molecular weight is 613 g/mol. The second-order valence-electron chi connectivity index (χ2n) is 12.5. The largest absolute Gasteiger partial charge is 0.135 e. The van der Waals surface area contributed by atoms with E-state index in [1.54, 1.807) is 0 Å². The number of fused-ring (bicyclic) bond motifs is 7. The number of benzene rings is 9. The van der Waals surface area contributed by atoms with E-state index in [4.69, 9.17) is 0 Å². The highest BCUT2D eigenvalue weighted by Gasteiger charge is 2.16. The van der Waals surface area contributed by atoms with Crippen LogP contribution < -0.4 is 0 Å². The van der Waals surface area contributed by atoms with E-state index < -0.39 is 0 Å². The standard InChI is InChI=1S/C46H28S/c1-2-10-30(11-3-1)45-37-14-6-8-16-39(37)46(40-17-9-7-15-38(40)45)31-20-18-29(19-21-31)34-22-23-35-26-42-41-25-32-12-4-5-13-33(32)27-43(41)47-44(42)28-36(35)24-34/h1-28H. The van der Waals surface area contributed by atoms with Gasteiger partial charge in [-0.05, 0) is 107 Å². The summed E-state index contributed by atoms with van der Waals surface area (Å²) >= 11 is 1.89. The molecule has 0 atom stereocenters. The molecule has 218 valence electrons. The molecule has 0 aliphatic heterocycles. The van der Waals surface area contributed by atoms with Gasteiger partial charge in [-0.3, -0.25) is 0 Å². The summed E-state index contributed by atoms with van der Waals surface area (Å²) < 4.78 is 2.69. The lowest BCUT2D eigenvalue weighted by Gasteiger charge is -2.18. The summed E-state index contributed by atoms with van der Waals surface area (Å²) in [6.07, 6.45) is 0. The average Bonchev–Trinajstić information content (AvgIpc) is 3.47. The number of hydrogen-bond acceptors (Lipinski definition) is 1. The molecule has 9 aromatic carbocycles. The van der Waals surface area contributed by atoms with Gasteiger partial charge in [0, 0.05) is 20.2 Å². The van der Waals surface area contributed by atoms with Gasteiger partial charge in [0.1, 0.15) is 0 Å². The molecule has 10 aromatic rings. The maximum absolute atomic E-state index is 2.38. The van der Waals surface area contributed by atoms with Crippen molar-refractivity contribution in [3.05, 3.63) is 170 Å². The van der Waals surface area contributed by atoms with Crippen molar-refractivity contribution < 1.29 is 0 Å². The number of hydrogen-bond donors (Lipinski definition) is 0. The molecule has 1 aromatic heterocycles. The maximum Gasteiger partial charge on any atom is 0.0361 e. The monoisotopic (exact) mass is 612 g/mol. The zero-order valence-electron chi connectivity index (χ0n) is 25.6. The van der Waals surface area contributed by atoms with Crippen molar-refractivity contribution >= 4 is 74.6 Å². The minimum absolute atomic E-state index is 1.23. The van der Waals surface area contributed by atoms with Crippen LogP contribution in [0.2, 0.25) is 0 Å². The highest BCUT2D eigenvalue weighted by atomic mass is 32.1. The molecule has 1 heterocycles. The lowest BCUT2D eigenvalue weighted by Crippen LogP contribution is -1.90. The molecule has 1 heteroatoms. The molecule has 0 N–H and O–H groups in total. The second kappa shape index (κ2) is 10.4. The van der Waals surface area contributed by atoms with E-state index in [2.05, 4.69) is 170 Å². The van der Waals surface area contributed by atoms with Crippen LogP contribution in [-0.4, -0.2) is 0 Å². The molecule has 10 rings (SSSR count). The summed E-state index contributed by atoms with van der Waals surface area (Å²) in [6.45, 7) is 0. The molecule has 47 heavy (non-hydrogen) atoms. The van der Waals surface area contributed by atoms with Gasteiger partial charge < -0.3 is 0 Å². The minimum atomic E-state index is 1.23. The molecule has 0 bridgehead atoms. The van der Waals surface area contributed by atoms with Gasteiger partial charge in [-0.2, -0.15) is 0 Å². The Kier molecular flexibility index (Phi) is 5.85. The molecule has 0 saturated heterocycles. The fourth-order valence-corrected chi connectivity index (χ4v) is 8.74. The Labute approximate surface area is 276 Å². The molecule has 0 unspecified atom stereocenters. The van der Waals surface area contributed by atoms with E-state index in [1.165, 1.54) is 96.6 Å². The molecule has 0 nitrogen and oxygen atoms in total. The summed E-state index contributed by atoms with van der Waals surface area (Å²) in [4.78, 5) is 0. The van der Waals surface area contributed by atoms with Crippen LogP contribution in [0.1, 0.15) is 0 Å². The van der Waals surface area contributed by atoms with Gasteiger partial charge in [0.15, 0.2) is 0 Å². The third-order valence-electron chi connectivity index (χ3n) is 9.80. The third-order valence-corrected chi connectivity index (χ3v) is 10.9. The topological polar surface area (TPSA) is 0 Å². The van der Waals surface area contributed by atoms with Gasteiger partial charge in [-0.15, -0.1) is 11.3 Å². The number of rotatable bonds is 3. The Hall–Kier alpha value is -5.76. The molecular formula is C46H28S. The van der Waals surface area contributed by atoms with Gasteiger partial charge in [-0.25, -0.2) is 0 Å². The van der Waals surface area contributed by atoms with Gasteiger partial charge in [0.05, 0.1) is 0 Å². The smallest absolute Gasteiger partial charge is 0.0361 e. The van der Waals surface area contributed by atoms with Crippen LogP contribution in [0.25, 0.3) is 96.6 Å². The molecule has 0 aliphatic carbocycles. The summed E-state index contributed by atoms with van der Waals surface area (Å²) in [6, 6.07) is 62.7. The molecule has 0 amide bonds. The summed E-state index contributed by atoms with van der Waals surface area (Å²) in [5.41, 5.74) is 7.55. The van der Waals surface area contributed by atoms with Crippen LogP contribution in [0.5, 0.6) is 0 Å². The molecule has 0 fully saturated rings. The lowest BCUT2D eigenvalue weighted by molar-refractivity contribution is 1.63. The quantitative estimate of drug-likeness (QED) is 0.174. The first-order chi connectivity index (χ1) is 23.3. The molecular weight excluding hydrogens is 585 g/mol. The van der Waals surface area contributed by atoms with E-state index >= 15 is 0 Å². The third kappa shape index (κ3) is 4.21. The first-order valence-corrected chi connectivity index (χ1v) is 17.0. The van der Waals surface area contributed by atoms with Crippen molar-refractivity contribution in [2.24, 2.45) is 0 Å². The van der Waals surface area contributed by atoms with Gasteiger partial charge >= 0.3 is 0 Å². The van der Waals surface area contributed by atoms with E-state index in [-0.39, 0.29) is 0 Å². The molecule has 0 aliphatic rings. The van der Waals surface area contributed by atoms with E-state index in [9.17, 15) is 0 Å². The zero-order chi connectivity index (χ0) is 30.9. The second-order valence-corrected chi connectivity index (χ2v) is 13.6. The first-order valence-electron chi connectivity index (χ1n) is 16.2. The van der Waals surface area contributed by atoms with Crippen LogP contribution in [-0.2, 0) is 0 Å². The Balaban J connectivity index is 1.09. The van der Waals surface area contributed by atoms with Gasteiger partial charge in [-0.1, -0.05) is 140 Å². The van der Waals surface area contributed by atoms with Crippen LogP contribution in [0.3, 0.4) is 0 Å². The van der Waals surface area contributed by atoms with Crippen LogP contribution in [0, 0.1) is 0 Å². The Bertz CT molecular complexity index is 2760. The van der Waals surface area contributed by atoms with Crippen molar-refractivity contribution in [3.63, 3.8) is 0 Å². The summed E-state index contributed by atoms with van der Waals surface area (Å²) in [5.74, 6) is 0. The fraction of sp³-hybridized carbons (Fsp3) is 0. The van der Waals surface area contributed by atoms with Crippen LogP contribution >= 0.6 is 11.3 Å². The predicted octanol–water partition coefficient (Wildman–Crippen LogP) is 13.7. The van der Waals surface area contributed by atoms with E-state index in [1.807, 2.05) is 11.3 Å².